The van der Waals surface area contributed by atoms with Crippen LogP contribution >= 0.6 is 0 Å². The third kappa shape index (κ3) is 6.63. The minimum atomic E-state index is -0.963. The van der Waals surface area contributed by atoms with E-state index in [9.17, 15) is 14.0 Å². The molecular weight excluding hydrogens is 463 g/mol. The molecule has 1 unspecified atom stereocenters. The summed E-state index contributed by atoms with van der Waals surface area (Å²) in [5.74, 6) is 1.41. The number of aryl methyl sites for hydroxylation is 1. The normalized spacial score (nSPS) is 20.6. The first-order valence-electron chi connectivity index (χ1n) is 12.9. The standard InChI is InChI=1S/C27H37FN4O4/c1-21(2)26-29-11-15-31(26)14-10-24(33)32-16-17-36-27(19-32,18-25(34)30-12-4-3-5-13-30)20-35-23-8-6-22(28)7-9-23/h6-9,11,15,21H,3-5,10,12-14,16-20H2,1-2H3. The Morgan fingerprint density at radius 2 is 1.83 bits per heavy atom. The number of likely N-dealkylation sites (tertiary alicyclic amines) is 1. The summed E-state index contributed by atoms with van der Waals surface area (Å²) in [6, 6.07) is 5.78. The van der Waals surface area contributed by atoms with Crippen LogP contribution in [0.15, 0.2) is 36.7 Å². The molecule has 0 bridgehead atoms. The highest BCUT2D eigenvalue weighted by molar-refractivity contribution is 5.79. The summed E-state index contributed by atoms with van der Waals surface area (Å²) in [5.41, 5.74) is -0.963. The average Bonchev–Trinajstić information content (AvgIpc) is 3.37. The molecule has 2 aliphatic rings. The third-order valence-corrected chi connectivity index (χ3v) is 6.93. The maximum atomic E-state index is 13.3. The van der Waals surface area contributed by atoms with Gasteiger partial charge in [-0.15, -0.1) is 0 Å². The molecular formula is C27H37FN4O4. The number of benzene rings is 1. The first kappa shape index (κ1) is 26.1. The summed E-state index contributed by atoms with van der Waals surface area (Å²) in [7, 11) is 0. The molecule has 2 amide bonds. The molecule has 2 saturated heterocycles. The van der Waals surface area contributed by atoms with E-state index >= 15 is 0 Å². The molecule has 1 atom stereocenters. The van der Waals surface area contributed by atoms with Crippen molar-refractivity contribution in [2.24, 2.45) is 0 Å². The summed E-state index contributed by atoms with van der Waals surface area (Å²) >= 11 is 0. The van der Waals surface area contributed by atoms with Gasteiger partial charge in [0.1, 0.15) is 29.6 Å². The minimum Gasteiger partial charge on any atom is -0.490 e. The van der Waals surface area contributed by atoms with E-state index in [1.807, 2.05) is 15.7 Å². The van der Waals surface area contributed by atoms with E-state index in [1.165, 1.54) is 12.1 Å². The van der Waals surface area contributed by atoms with Gasteiger partial charge in [0, 0.05) is 50.9 Å². The fraction of sp³-hybridized carbons (Fsp3) is 0.593. The van der Waals surface area contributed by atoms with Crippen molar-refractivity contribution in [3.63, 3.8) is 0 Å². The summed E-state index contributed by atoms with van der Waals surface area (Å²) in [4.78, 5) is 34.5. The van der Waals surface area contributed by atoms with Gasteiger partial charge in [0.25, 0.3) is 0 Å². The lowest BCUT2D eigenvalue weighted by atomic mass is 9.96. The van der Waals surface area contributed by atoms with Crippen molar-refractivity contribution in [2.75, 3.05) is 39.4 Å². The number of piperidine rings is 1. The third-order valence-electron chi connectivity index (χ3n) is 6.93. The molecule has 0 aliphatic carbocycles. The van der Waals surface area contributed by atoms with Crippen molar-refractivity contribution in [1.29, 1.82) is 0 Å². The molecule has 0 N–H and O–H groups in total. The zero-order valence-corrected chi connectivity index (χ0v) is 21.3. The smallest absolute Gasteiger partial charge is 0.225 e. The fourth-order valence-corrected chi connectivity index (χ4v) is 4.96. The Hall–Kier alpha value is -2.94. The van der Waals surface area contributed by atoms with Crippen molar-refractivity contribution in [1.82, 2.24) is 19.4 Å². The van der Waals surface area contributed by atoms with E-state index in [0.29, 0.717) is 31.9 Å². The number of carbonyl (C=O) groups excluding carboxylic acids is 2. The monoisotopic (exact) mass is 500 g/mol. The van der Waals surface area contributed by atoms with Crippen molar-refractivity contribution in [3.05, 3.63) is 48.3 Å². The fourth-order valence-electron chi connectivity index (χ4n) is 4.96. The molecule has 8 nitrogen and oxygen atoms in total. The number of morpholine rings is 1. The van der Waals surface area contributed by atoms with Gasteiger partial charge < -0.3 is 23.8 Å². The predicted molar refractivity (Wildman–Crippen MR) is 133 cm³/mol. The predicted octanol–water partition coefficient (Wildman–Crippen LogP) is 3.61. The average molecular weight is 501 g/mol. The quantitative estimate of drug-likeness (QED) is 0.526. The van der Waals surface area contributed by atoms with Crippen LogP contribution in [-0.4, -0.2) is 76.2 Å². The van der Waals surface area contributed by atoms with E-state index in [4.69, 9.17) is 9.47 Å². The second-order valence-corrected chi connectivity index (χ2v) is 10.1. The lowest BCUT2D eigenvalue weighted by Gasteiger charge is -2.43. The Kier molecular flexibility index (Phi) is 8.61. The number of rotatable bonds is 9. The van der Waals surface area contributed by atoms with Crippen LogP contribution in [0.2, 0.25) is 0 Å². The first-order chi connectivity index (χ1) is 17.3. The topological polar surface area (TPSA) is 76.9 Å². The molecule has 9 heteroatoms. The second kappa shape index (κ2) is 11.9. The largest absolute Gasteiger partial charge is 0.490 e. The van der Waals surface area contributed by atoms with Crippen LogP contribution < -0.4 is 4.74 Å². The van der Waals surface area contributed by atoms with Crippen LogP contribution in [0.25, 0.3) is 0 Å². The van der Waals surface area contributed by atoms with Gasteiger partial charge >= 0.3 is 0 Å². The molecule has 3 heterocycles. The number of hydrogen-bond donors (Lipinski definition) is 0. The van der Waals surface area contributed by atoms with E-state index in [1.54, 1.807) is 23.2 Å². The van der Waals surface area contributed by atoms with Crippen LogP contribution in [0.3, 0.4) is 0 Å². The minimum absolute atomic E-state index is 0.0123. The van der Waals surface area contributed by atoms with E-state index in [2.05, 4.69) is 18.8 Å². The number of hydrogen-bond acceptors (Lipinski definition) is 5. The molecule has 2 aromatic rings. The highest BCUT2D eigenvalue weighted by Crippen LogP contribution is 2.27. The molecule has 196 valence electrons. The zero-order valence-electron chi connectivity index (χ0n) is 21.3. The SMILES string of the molecule is CC(C)c1nccn1CCC(=O)N1CCOC(COc2ccc(F)cc2)(CC(=O)N2CCCCC2)C1. The molecule has 0 radical (unpaired) electrons. The van der Waals surface area contributed by atoms with Crippen molar-refractivity contribution < 1.29 is 23.5 Å². The van der Waals surface area contributed by atoms with Crippen LogP contribution in [0.4, 0.5) is 4.39 Å². The Bertz CT molecular complexity index is 1020. The maximum absolute atomic E-state index is 13.3. The van der Waals surface area contributed by atoms with E-state index < -0.39 is 5.60 Å². The van der Waals surface area contributed by atoms with Gasteiger partial charge in [0.2, 0.25) is 11.8 Å². The van der Waals surface area contributed by atoms with Crippen LogP contribution in [0.1, 0.15) is 57.7 Å². The van der Waals surface area contributed by atoms with Crippen LogP contribution in [0.5, 0.6) is 5.75 Å². The highest BCUT2D eigenvalue weighted by atomic mass is 19.1. The summed E-state index contributed by atoms with van der Waals surface area (Å²) in [6.45, 7) is 7.38. The summed E-state index contributed by atoms with van der Waals surface area (Å²) in [6.07, 6.45) is 7.28. The molecule has 36 heavy (non-hydrogen) atoms. The lowest BCUT2D eigenvalue weighted by Crippen LogP contribution is -2.58. The number of aromatic nitrogens is 2. The number of carbonyl (C=O) groups is 2. The molecule has 2 aliphatic heterocycles. The van der Waals surface area contributed by atoms with Gasteiger partial charge in [-0.1, -0.05) is 13.8 Å². The molecule has 1 aromatic heterocycles. The molecule has 4 rings (SSSR count). The molecule has 0 saturated carbocycles. The van der Waals surface area contributed by atoms with Crippen LogP contribution in [-0.2, 0) is 20.9 Å². The Labute approximate surface area is 212 Å². The number of nitrogens with zero attached hydrogens (tertiary/aromatic N) is 4. The molecule has 2 fully saturated rings. The van der Waals surface area contributed by atoms with Gasteiger partial charge in [-0.3, -0.25) is 9.59 Å². The first-order valence-corrected chi connectivity index (χ1v) is 12.9. The zero-order chi connectivity index (χ0) is 25.5. The Balaban J connectivity index is 1.44. The molecule has 0 spiro atoms. The second-order valence-electron chi connectivity index (χ2n) is 10.1. The lowest BCUT2D eigenvalue weighted by molar-refractivity contribution is -0.166. The van der Waals surface area contributed by atoms with Crippen molar-refractivity contribution in [3.8, 4) is 5.75 Å². The number of halogens is 1. The molecule has 1 aromatic carbocycles. The van der Waals surface area contributed by atoms with E-state index in [0.717, 1.165) is 38.2 Å². The summed E-state index contributed by atoms with van der Waals surface area (Å²) < 4.78 is 27.5. The van der Waals surface area contributed by atoms with Crippen molar-refractivity contribution >= 4 is 11.8 Å². The maximum Gasteiger partial charge on any atom is 0.225 e. The van der Waals surface area contributed by atoms with Gasteiger partial charge in [-0.05, 0) is 43.5 Å². The van der Waals surface area contributed by atoms with Gasteiger partial charge in [-0.2, -0.15) is 0 Å². The van der Waals surface area contributed by atoms with E-state index in [-0.39, 0.29) is 43.1 Å². The number of amides is 2. The Morgan fingerprint density at radius 1 is 1.08 bits per heavy atom. The summed E-state index contributed by atoms with van der Waals surface area (Å²) in [5, 5.41) is 0. The number of imidazole rings is 1. The number of ether oxygens (including phenoxy) is 2. The van der Waals surface area contributed by atoms with Crippen molar-refractivity contribution in [2.45, 2.75) is 64.0 Å². The van der Waals surface area contributed by atoms with Crippen LogP contribution in [0, 0.1) is 5.82 Å². The highest BCUT2D eigenvalue weighted by Gasteiger charge is 2.42. The van der Waals surface area contributed by atoms with Gasteiger partial charge in [0.05, 0.1) is 19.6 Å². The van der Waals surface area contributed by atoms with Gasteiger partial charge in [0.15, 0.2) is 0 Å². The van der Waals surface area contributed by atoms with Gasteiger partial charge in [-0.25, -0.2) is 9.37 Å². The Morgan fingerprint density at radius 3 is 2.56 bits per heavy atom.